The number of rotatable bonds is 5. The number of aromatic nitrogens is 3. The van der Waals surface area contributed by atoms with Gasteiger partial charge in [-0.15, -0.1) is 5.10 Å². The van der Waals surface area contributed by atoms with Crippen molar-refractivity contribution in [1.82, 2.24) is 19.2 Å². The van der Waals surface area contributed by atoms with Crippen molar-refractivity contribution in [3.8, 4) is 17.1 Å². The van der Waals surface area contributed by atoms with Crippen LogP contribution in [0.5, 0.6) is 0 Å². The molecule has 2 heterocycles. The molecular weight excluding hydrogens is 463 g/mol. The molecule has 0 aliphatic carbocycles. The van der Waals surface area contributed by atoms with Crippen LogP contribution in [0, 0.1) is 4.77 Å². The lowest BCUT2D eigenvalue weighted by Crippen LogP contribution is -2.46. The lowest BCUT2D eigenvalue weighted by atomic mass is 10.0. The van der Waals surface area contributed by atoms with Crippen LogP contribution >= 0.6 is 35.4 Å². The zero-order valence-corrected chi connectivity index (χ0v) is 21.1. The Labute approximate surface area is 204 Å². The number of ether oxygens (including phenoxy) is 1. The second-order valence-electron chi connectivity index (χ2n) is 8.71. The molecule has 2 aromatic carbocycles. The highest BCUT2D eigenvalue weighted by Gasteiger charge is 2.25. The van der Waals surface area contributed by atoms with Crippen LogP contribution in [0.15, 0.2) is 42.5 Å². The van der Waals surface area contributed by atoms with Gasteiger partial charge in [-0.1, -0.05) is 55.2 Å². The van der Waals surface area contributed by atoms with E-state index in [9.17, 15) is 0 Å². The van der Waals surface area contributed by atoms with Gasteiger partial charge in [0.1, 0.15) is 0 Å². The molecule has 0 radical (unpaired) electrons. The Balaban J connectivity index is 1.87. The molecule has 0 amide bonds. The Kier molecular flexibility index (Phi) is 7.08. The number of hydrogen-bond donors (Lipinski definition) is 0. The van der Waals surface area contributed by atoms with Crippen molar-refractivity contribution in [1.29, 1.82) is 0 Å². The molecular formula is C24H28Cl2N4OS. The molecule has 1 fully saturated rings. The van der Waals surface area contributed by atoms with Gasteiger partial charge in [-0.05, 0) is 61.8 Å². The molecule has 170 valence electrons. The third kappa shape index (κ3) is 4.80. The summed E-state index contributed by atoms with van der Waals surface area (Å²) < 4.78 is 10.4. The molecule has 0 saturated carbocycles. The number of benzene rings is 2. The molecule has 3 aromatic rings. The Morgan fingerprint density at radius 3 is 2.44 bits per heavy atom. The van der Waals surface area contributed by atoms with E-state index in [0.29, 0.717) is 33.2 Å². The first kappa shape index (κ1) is 23.5. The predicted molar refractivity (Wildman–Crippen MR) is 134 cm³/mol. The van der Waals surface area contributed by atoms with Crippen LogP contribution in [0.4, 0.5) is 0 Å². The van der Waals surface area contributed by atoms with Gasteiger partial charge in [0, 0.05) is 23.7 Å². The zero-order valence-electron chi connectivity index (χ0n) is 18.8. The van der Waals surface area contributed by atoms with Gasteiger partial charge < -0.3 is 4.74 Å². The number of nitrogens with zero attached hydrogens (tertiary/aromatic N) is 4. The number of para-hydroxylation sites is 1. The summed E-state index contributed by atoms with van der Waals surface area (Å²) in [6.07, 6.45) is 0.337. The smallest absolute Gasteiger partial charge is 0.204 e. The van der Waals surface area contributed by atoms with Crippen molar-refractivity contribution in [3.63, 3.8) is 0 Å². The lowest BCUT2D eigenvalue weighted by Gasteiger charge is -2.34. The first-order valence-corrected chi connectivity index (χ1v) is 12.0. The Hall–Kier alpha value is -1.70. The fourth-order valence-corrected chi connectivity index (χ4v) is 5.11. The normalized spacial score (nSPS) is 19.6. The summed E-state index contributed by atoms with van der Waals surface area (Å²) in [5, 5.41) is 6.09. The molecule has 0 bridgehead atoms. The number of hydrogen-bond acceptors (Lipinski definition) is 4. The van der Waals surface area contributed by atoms with Crippen LogP contribution in [0.1, 0.15) is 39.2 Å². The van der Waals surface area contributed by atoms with E-state index in [1.54, 1.807) is 6.07 Å². The van der Waals surface area contributed by atoms with Crippen LogP contribution in [0.3, 0.4) is 0 Å². The number of halogens is 2. The molecule has 0 spiro atoms. The first-order valence-electron chi connectivity index (χ1n) is 10.9. The van der Waals surface area contributed by atoms with Gasteiger partial charge in [-0.3, -0.25) is 9.47 Å². The second-order valence-corrected chi connectivity index (χ2v) is 9.92. The third-order valence-corrected chi connectivity index (χ3v) is 6.58. The average molecular weight is 491 g/mol. The van der Waals surface area contributed by atoms with E-state index in [1.165, 1.54) is 5.56 Å². The van der Waals surface area contributed by atoms with Crippen LogP contribution in [0.2, 0.25) is 10.0 Å². The molecule has 1 saturated heterocycles. The van der Waals surface area contributed by atoms with Gasteiger partial charge in [0.05, 0.1) is 29.6 Å². The Bertz CT molecular complexity index is 1160. The topological polar surface area (TPSA) is 35.2 Å². The highest BCUT2D eigenvalue weighted by atomic mass is 35.5. The van der Waals surface area contributed by atoms with E-state index >= 15 is 0 Å². The van der Waals surface area contributed by atoms with E-state index in [4.69, 9.17) is 45.3 Å². The van der Waals surface area contributed by atoms with Gasteiger partial charge in [0.25, 0.3) is 0 Å². The summed E-state index contributed by atoms with van der Waals surface area (Å²) in [4.78, 5) is 2.33. The van der Waals surface area contributed by atoms with Crippen LogP contribution < -0.4 is 0 Å². The SMILES string of the molecule is CC(C)c1ccccc1-n1c(-c2ccc(Cl)cc2Cl)nn(CN2C[C@@H](C)O[C@@H](C)C2)c1=S. The Morgan fingerprint density at radius 2 is 1.78 bits per heavy atom. The maximum absolute atomic E-state index is 6.61. The van der Waals surface area contributed by atoms with Crippen molar-refractivity contribution in [3.05, 3.63) is 62.8 Å². The largest absolute Gasteiger partial charge is 0.373 e. The van der Waals surface area contributed by atoms with Crippen molar-refractivity contribution >= 4 is 35.4 Å². The highest BCUT2D eigenvalue weighted by molar-refractivity contribution is 7.71. The van der Waals surface area contributed by atoms with Gasteiger partial charge in [-0.2, -0.15) is 0 Å². The molecule has 1 aliphatic rings. The van der Waals surface area contributed by atoms with E-state index in [2.05, 4.69) is 50.8 Å². The third-order valence-electron chi connectivity index (χ3n) is 5.64. The molecule has 0 N–H and O–H groups in total. The minimum atomic E-state index is 0.168. The Morgan fingerprint density at radius 1 is 1.09 bits per heavy atom. The van der Waals surface area contributed by atoms with Crippen LogP contribution in [0.25, 0.3) is 17.1 Å². The quantitative estimate of drug-likeness (QED) is 0.379. The summed E-state index contributed by atoms with van der Waals surface area (Å²) in [7, 11) is 0. The maximum Gasteiger partial charge on any atom is 0.204 e. The summed E-state index contributed by atoms with van der Waals surface area (Å²) in [5.41, 5.74) is 3.01. The molecule has 4 rings (SSSR count). The monoisotopic (exact) mass is 490 g/mol. The van der Waals surface area contributed by atoms with E-state index in [0.717, 1.165) is 24.3 Å². The summed E-state index contributed by atoms with van der Waals surface area (Å²) >= 11 is 18.7. The first-order chi connectivity index (χ1) is 15.2. The van der Waals surface area contributed by atoms with E-state index in [1.807, 2.05) is 27.4 Å². The van der Waals surface area contributed by atoms with Gasteiger partial charge >= 0.3 is 0 Å². The van der Waals surface area contributed by atoms with Gasteiger partial charge in [0.15, 0.2) is 5.82 Å². The van der Waals surface area contributed by atoms with Crippen LogP contribution in [-0.2, 0) is 11.4 Å². The van der Waals surface area contributed by atoms with Gasteiger partial charge in [-0.25, -0.2) is 4.68 Å². The van der Waals surface area contributed by atoms with Gasteiger partial charge in [0.2, 0.25) is 4.77 Å². The van der Waals surface area contributed by atoms with Crippen molar-refractivity contribution in [2.24, 2.45) is 0 Å². The number of morpholine rings is 1. The van der Waals surface area contributed by atoms with E-state index in [-0.39, 0.29) is 12.2 Å². The molecule has 1 aromatic heterocycles. The summed E-state index contributed by atoms with van der Waals surface area (Å²) in [5.74, 6) is 1.03. The molecule has 2 atom stereocenters. The summed E-state index contributed by atoms with van der Waals surface area (Å²) in [6, 6.07) is 13.8. The lowest BCUT2D eigenvalue weighted by molar-refractivity contribution is -0.0777. The minimum Gasteiger partial charge on any atom is -0.373 e. The average Bonchev–Trinajstić information content (AvgIpc) is 3.02. The highest BCUT2D eigenvalue weighted by Crippen LogP contribution is 2.33. The molecule has 8 heteroatoms. The van der Waals surface area contributed by atoms with Crippen molar-refractivity contribution in [2.45, 2.75) is 52.5 Å². The zero-order chi connectivity index (χ0) is 23.0. The fraction of sp³-hybridized carbons (Fsp3) is 0.417. The minimum absolute atomic E-state index is 0.168. The summed E-state index contributed by atoms with van der Waals surface area (Å²) in [6.45, 7) is 10.8. The second kappa shape index (κ2) is 9.65. The van der Waals surface area contributed by atoms with Crippen LogP contribution in [-0.4, -0.2) is 44.5 Å². The fourth-order valence-electron chi connectivity index (χ4n) is 4.33. The van der Waals surface area contributed by atoms with E-state index < -0.39 is 0 Å². The standard InChI is InChI=1S/C24H28Cl2N4OS/c1-15(2)19-7-5-6-8-22(19)30-23(20-10-9-18(25)11-21(20)26)27-29(24(30)32)14-28-12-16(3)31-17(4)13-28/h5-11,15-17H,12-14H2,1-4H3/t16-,17+. The molecule has 1 aliphatic heterocycles. The molecule has 5 nitrogen and oxygen atoms in total. The van der Waals surface area contributed by atoms with Crippen molar-refractivity contribution < 1.29 is 4.74 Å². The molecule has 32 heavy (non-hydrogen) atoms. The predicted octanol–water partition coefficient (Wildman–Crippen LogP) is 6.57. The molecule has 0 unspecified atom stereocenters. The maximum atomic E-state index is 6.61. The van der Waals surface area contributed by atoms with Crippen molar-refractivity contribution in [2.75, 3.05) is 13.1 Å².